The summed E-state index contributed by atoms with van der Waals surface area (Å²) in [5, 5.41) is 0. The minimum absolute atomic E-state index is 0.120. The van der Waals surface area contributed by atoms with E-state index in [0.717, 1.165) is 38.8 Å². The molecule has 1 aromatic rings. The number of piperidine rings is 2. The van der Waals surface area contributed by atoms with Crippen LogP contribution >= 0.6 is 0 Å². The first kappa shape index (κ1) is 18.2. The lowest BCUT2D eigenvalue weighted by molar-refractivity contribution is -0.137. The smallest absolute Gasteiger partial charge is 0.243 e. The average Bonchev–Trinajstić information content (AvgIpc) is 2.68. The molecular weight excluding hydrogens is 340 g/mol. The van der Waals surface area contributed by atoms with E-state index in [9.17, 15) is 13.2 Å². The highest BCUT2D eigenvalue weighted by Crippen LogP contribution is 2.26. The van der Waals surface area contributed by atoms with Gasteiger partial charge in [-0.15, -0.1) is 0 Å². The molecule has 2 saturated heterocycles. The Bertz CT molecular complexity index is 696. The largest absolute Gasteiger partial charge is 0.497 e. The number of sulfonamides is 1. The molecule has 1 amide bonds. The molecule has 0 aliphatic carbocycles. The van der Waals surface area contributed by atoms with Crippen LogP contribution in [-0.4, -0.2) is 56.8 Å². The third kappa shape index (κ3) is 3.98. The van der Waals surface area contributed by atoms with Crippen LogP contribution < -0.4 is 4.74 Å². The van der Waals surface area contributed by atoms with Gasteiger partial charge in [0.15, 0.2) is 0 Å². The standard InChI is InChI=1S/C18H26N2O4S/c1-24-16-7-9-17(10-8-16)25(22,23)20-13-5-6-15(14-20)18(21)19-11-3-2-4-12-19/h7-10,15H,2-6,11-14H2,1H3. The lowest BCUT2D eigenvalue weighted by Gasteiger charge is -2.35. The van der Waals surface area contributed by atoms with E-state index in [1.807, 2.05) is 4.90 Å². The minimum Gasteiger partial charge on any atom is -0.497 e. The van der Waals surface area contributed by atoms with Gasteiger partial charge >= 0.3 is 0 Å². The van der Waals surface area contributed by atoms with Crippen molar-refractivity contribution in [3.8, 4) is 5.75 Å². The Hall–Kier alpha value is -1.60. The van der Waals surface area contributed by atoms with Gasteiger partial charge in [0.1, 0.15) is 5.75 Å². The second-order valence-electron chi connectivity index (χ2n) is 6.76. The van der Waals surface area contributed by atoms with E-state index in [2.05, 4.69) is 0 Å². The molecule has 2 fully saturated rings. The summed E-state index contributed by atoms with van der Waals surface area (Å²) in [5.74, 6) is 0.518. The molecule has 2 heterocycles. The highest BCUT2D eigenvalue weighted by molar-refractivity contribution is 7.89. The first-order valence-electron chi connectivity index (χ1n) is 8.95. The predicted molar refractivity (Wildman–Crippen MR) is 94.9 cm³/mol. The third-order valence-corrected chi connectivity index (χ3v) is 6.98. The van der Waals surface area contributed by atoms with Gasteiger partial charge in [-0.3, -0.25) is 4.79 Å². The van der Waals surface area contributed by atoms with Gasteiger partial charge in [-0.25, -0.2) is 8.42 Å². The predicted octanol–water partition coefficient (Wildman–Crippen LogP) is 2.11. The van der Waals surface area contributed by atoms with Crippen LogP contribution in [0.2, 0.25) is 0 Å². The zero-order valence-electron chi connectivity index (χ0n) is 14.7. The van der Waals surface area contributed by atoms with Crippen LogP contribution in [0, 0.1) is 5.92 Å². The molecule has 0 N–H and O–H groups in total. The van der Waals surface area contributed by atoms with Crippen LogP contribution in [0.25, 0.3) is 0 Å². The maximum absolute atomic E-state index is 12.9. The van der Waals surface area contributed by atoms with Crippen molar-refractivity contribution in [2.75, 3.05) is 33.3 Å². The number of benzene rings is 1. The number of likely N-dealkylation sites (tertiary alicyclic amines) is 1. The van der Waals surface area contributed by atoms with Crippen molar-refractivity contribution in [1.82, 2.24) is 9.21 Å². The highest BCUT2D eigenvalue weighted by atomic mass is 32.2. The van der Waals surface area contributed by atoms with Gasteiger partial charge in [-0.05, 0) is 56.4 Å². The second kappa shape index (κ2) is 7.74. The Labute approximate surface area is 149 Å². The van der Waals surface area contributed by atoms with Gasteiger partial charge in [0.05, 0.1) is 17.9 Å². The van der Waals surface area contributed by atoms with E-state index < -0.39 is 10.0 Å². The summed E-state index contributed by atoms with van der Waals surface area (Å²) in [4.78, 5) is 14.9. The summed E-state index contributed by atoms with van der Waals surface area (Å²) >= 11 is 0. The number of carbonyl (C=O) groups is 1. The van der Waals surface area contributed by atoms with E-state index >= 15 is 0 Å². The minimum atomic E-state index is -3.58. The summed E-state index contributed by atoms with van der Waals surface area (Å²) < 4.78 is 32.3. The molecule has 138 valence electrons. The maximum atomic E-state index is 12.9. The van der Waals surface area contributed by atoms with E-state index in [0.29, 0.717) is 12.3 Å². The van der Waals surface area contributed by atoms with Crippen LogP contribution in [0.5, 0.6) is 5.75 Å². The fourth-order valence-corrected chi connectivity index (χ4v) is 5.16. The van der Waals surface area contributed by atoms with Crippen LogP contribution in [0.3, 0.4) is 0 Å². The van der Waals surface area contributed by atoms with Gasteiger partial charge in [-0.1, -0.05) is 0 Å². The quantitative estimate of drug-likeness (QED) is 0.819. The van der Waals surface area contributed by atoms with Crippen molar-refractivity contribution >= 4 is 15.9 Å². The first-order chi connectivity index (χ1) is 12.0. The van der Waals surface area contributed by atoms with Crippen molar-refractivity contribution in [1.29, 1.82) is 0 Å². The second-order valence-corrected chi connectivity index (χ2v) is 8.70. The SMILES string of the molecule is COc1ccc(S(=O)(=O)N2CCCC(C(=O)N3CCCCC3)C2)cc1. The summed E-state index contributed by atoms with van der Waals surface area (Å²) in [6.45, 7) is 2.36. The molecule has 0 saturated carbocycles. The average molecular weight is 366 g/mol. The first-order valence-corrected chi connectivity index (χ1v) is 10.4. The summed E-state index contributed by atoms with van der Waals surface area (Å²) in [5.41, 5.74) is 0. The van der Waals surface area contributed by atoms with Crippen LogP contribution in [0.15, 0.2) is 29.2 Å². The molecule has 1 atom stereocenters. The number of rotatable bonds is 4. The summed E-state index contributed by atoms with van der Waals surface area (Å²) in [6.07, 6.45) is 4.76. The van der Waals surface area contributed by atoms with Crippen molar-refractivity contribution in [2.45, 2.75) is 37.0 Å². The molecule has 3 rings (SSSR count). The molecule has 6 nitrogen and oxygen atoms in total. The summed E-state index contributed by atoms with van der Waals surface area (Å²) in [7, 11) is -2.03. The van der Waals surface area contributed by atoms with Gasteiger partial charge in [0.25, 0.3) is 0 Å². The number of hydrogen-bond donors (Lipinski definition) is 0. The number of carbonyl (C=O) groups excluding carboxylic acids is 1. The Morgan fingerprint density at radius 3 is 2.36 bits per heavy atom. The van der Waals surface area contributed by atoms with Crippen molar-refractivity contribution in [3.63, 3.8) is 0 Å². The number of amides is 1. The zero-order chi connectivity index (χ0) is 17.9. The topological polar surface area (TPSA) is 66.9 Å². The molecular formula is C18H26N2O4S. The number of ether oxygens (including phenoxy) is 1. The molecule has 0 aromatic heterocycles. The van der Waals surface area contributed by atoms with Gasteiger partial charge in [0.2, 0.25) is 15.9 Å². The molecule has 1 unspecified atom stereocenters. The molecule has 0 bridgehead atoms. The fourth-order valence-electron chi connectivity index (χ4n) is 3.63. The fraction of sp³-hybridized carbons (Fsp3) is 0.611. The van der Waals surface area contributed by atoms with Gasteiger partial charge in [0, 0.05) is 26.2 Å². The molecule has 0 radical (unpaired) electrons. The molecule has 2 aliphatic heterocycles. The Kier molecular flexibility index (Phi) is 5.64. The summed E-state index contributed by atoms with van der Waals surface area (Å²) in [6, 6.07) is 6.41. The Morgan fingerprint density at radius 2 is 1.72 bits per heavy atom. The normalized spacial score (nSPS) is 22.6. The monoisotopic (exact) mass is 366 g/mol. The third-order valence-electron chi connectivity index (χ3n) is 5.10. The molecule has 2 aliphatic rings. The number of methoxy groups -OCH3 is 1. The van der Waals surface area contributed by atoms with Crippen LogP contribution in [0.1, 0.15) is 32.1 Å². The van der Waals surface area contributed by atoms with Crippen molar-refractivity contribution in [2.24, 2.45) is 5.92 Å². The van der Waals surface area contributed by atoms with E-state index in [1.54, 1.807) is 31.4 Å². The van der Waals surface area contributed by atoms with E-state index in [1.165, 1.54) is 10.7 Å². The molecule has 25 heavy (non-hydrogen) atoms. The number of hydrogen-bond acceptors (Lipinski definition) is 4. The van der Waals surface area contributed by atoms with Gasteiger partial charge < -0.3 is 9.64 Å². The Morgan fingerprint density at radius 1 is 1.04 bits per heavy atom. The number of nitrogens with zero attached hydrogens (tertiary/aromatic N) is 2. The lowest BCUT2D eigenvalue weighted by Crippen LogP contribution is -2.47. The molecule has 7 heteroatoms. The van der Waals surface area contributed by atoms with E-state index in [-0.39, 0.29) is 23.3 Å². The van der Waals surface area contributed by atoms with E-state index in [4.69, 9.17) is 4.74 Å². The van der Waals surface area contributed by atoms with Crippen LogP contribution in [-0.2, 0) is 14.8 Å². The molecule has 1 aromatic carbocycles. The van der Waals surface area contributed by atoms with Gasteiger partial charge in [-0.2, -0.15) is 4.31 Å². The molecule has 0 spiro atoms. The van der Waals surface area contributed by atoms with Crippen molar-refractivity contribution in [3.05, 3.63) is 24.3 Å². The Balaban J connectivity index is 1.71. The zero-order valence-corrected chi connectivity index (χ0v) is 15.5. The maximum Gasteiger partial charge on any atom is 0.243 e. The van der Waals surface area contributed by atoms with Crippen LogP contribution in [0.4, 0.5) is 0 Å². The van der Waals surface area contributed by atoms with Crippen molar-refractivity contribution < 1.29 is 17.9 Å². The lowest BCUT2D eigenvalue weighted by atomic mass is 9.97. The highest BCUT2D eigenvalue weighted by Gasteiger charge is 2.35.